The molecular formula is C24H30N4OS. The van der Waals surface area contributed by atoms with Gasteiger partial charge in [-0.05, 0) is 62.6 Å². The van der Waals surface area contributed by atoms with E-state index in [4.69, 9.17) is 4.98 Å². The van der Waals surface area contributed by atoms with E-state index >= 15 is 0 Å². The summed E-state index contributed by atoms with van der Waals surface area (Å²) >= 11 is 1.61. The lowest BCUT2D eigenvalue weighted by molar-refractivity contribution is -0.135. The van der Waals surface area contributed by atoms with E-state index in [1.54, 1.807) is 16.9 Å². The number of amides is 1. The summed E-state index contributed by atoms with van der Waals surface area (Å²) in [5.41, 5.74) is 2.46. The maximum absolute atomic E-state index is 13.4. The van der Waals surface area contributed by atoms with Crippen molar-refractivity contribution in [1.29, 1.82) is 0 Å². The summed E-state index contributed by atoms with van der Waals surface area (Å²) in [7, 11) is 0. The molecule has 5 nitrogen and oxygen atoms in total. The number of carbonyl (C=O) groups excluding carboxylic acids is 1. The van der Waals surface area contributed by atoms with Crippen molar-refractivity contribution in [2.75, 3.05) is 19.6 Å². The normalized spacial score (nSPS) is 31.1. The third kappa shape index (κ3) is 3.25. The summed E-state index contributed by atoms with van der Waals surface area (Å²) in [6.07, 6.45) is 14.7. The fourth-order valence-electron chi connectivity index (χ4n) is 6.47. The molecule has 0 unspecified atom stereocenters. The van der Waals surface area contributed by atoms with Gasteiger partial charge >= 0.3 is 0 Å². The van der Waals surface area contributed by atoms with E-state index in [1.807, 2.05) is 34.5 Å². The van der Waals surface area contributed by atoms with E-state index in [-0.39, 0.29) is 5.91 Å². The van der Waals surface area contributed by atoms with E-state index in [2.05, 4.69) is 15.9 Å². The maximum Gasteiger partial charge on any atom is 0.229 e. The van der Waals surface area contributed by atoms with E-state index in [9.17, 15) is 4.79 Å². The van der Waals surface area contributed by atoms with Gasteiger partial charge in [0.05, 0.1) is 18.2 Å². The molecule has 0 saturated carbocycles. The molecule has 1 aliphatic carbocycles. The molecule has 2 aromatic heterocycles. The standard InChI is InChI=1S/C24H30N4OS/c29-22(14-20-16-30-24(25-20)26-8-3-4-9-26)28-11-5-6-17-12-18-13-19(23(17)28)15-27-10-2-1-7-21(18)27/h3-4,8-9,12,16,18-19,21,23H,1-2,5-7,10-11,13-15H2/t18-,19-,21+,23+/m1/s1. The topological polar surface area (TPSA) is 41.4 Å². The molecule has 3 aliphatic heterocycles. The highest BCUT2D eigenvalue weighted by Crippen LogP contribution is 2.45. The zero-order chi connectivity index (χ0) is 20.1. The molecule has 0 N–H and O–H groups in total. The lowest BCUT2D eigenvalue weighted by atomic mass is 9.68. The van der Waals surface area contributed by atoms with Crippen LogP contribution < -0.4 is 0 Å². The number of likely N-dealkylation sites (tertiary alicyclic amines) is 1. The SMILES string of the molecule is O=C(Cc1csc(-n2cccc2)n1)N1CCCC2=C[C@@H]3C[C@H](CN4CCCC[C@@H]34)[C@H]21. The molecule has 2 aromatic rings. The number of hydrogen-bond acceptors (Lipinski definition) is 4. The van der Waals surface area contributed by atoms with E-state index < -0.39 is 0 Å². The number of aromatic nitrogens is 2. The minimum atomic E-state index is 0.258. The first-order valence-corrected chi connectivity index (χ1v) is 12.5. The van der Waals surface area contributed by atoms with E-state index in [0.717, 1.165) is 29.8 Å². The van der Waals surface area contributed by atoms with Crippen LogP contribution in [0.1, 0.15) is 44.2 Å². The molecular weight excluding hydrogens is 392 g/mol. The van der Waals surface area contributed by atoms with Crippen LogP contribution in [-0.4, -0.2) is 57.0 Å². The van der Waals surface area contributed by atoms with Gasteiger partial charge < -0.3 is 9.47 Å². The molecule has 0 spiro atoms. The predicted molar refractivity (Wildman–Crippen MR) is 119 cm³/mol. The molecule has 4 atom stereocenters. The average Bonchev–Trinajstić information content (AvgIpc) is 3.45. The first kappa shape index (κ1) is 18.8. The number of piperidine rings is 3. The first-order chi connectivity index (χ1) is 14.8. The van der Waals surface area contributed by atoms with E-state index in [0.29, 0.717) is 24.3 Å². The van der Waals surface area contributed by atoms with Crippen LogP contribution in [0.5, 0.6) is 0 Å². The zero-order valence-electron chi connectivity index (χ0n) is 17.4. The Morgan fingerprint density at radius 2 is 2.07 bits per heavy atom. The molecule has 3 saturated heterocycles. The molecule has 0 radical (unpaired) electrons. The van der Waals surface area contributed by atoms with Crippen LogP contribution >= 0.6 is 11.3 Å². The summed E-state index contributed by atoms with van der Waals surface area (Å²) in [5.74, 6) is 1.58. The van der Waals surface area contributed by atoms with Crippen molar-refractivity contribution in [1.82, 2.24) is 19.4 Å². The highest BCUT2D eigenvalue weighted by molar-refractivity contribution is 7.12. The molecule has 4 aliphatic rings. The molecule has 0 aromatic carbocycles. The van der Waals surface area contributed by atoms with Crippen molar-refractivity contribution in [2.45, 2.75) is 57.0 Å². The Bertz CT molecular complexity index is 948. The van der Waals surface area contributed by atoms with Crippen LogP contribution in [0.15, 0.2) is 41.6 Å². The highest BCUT2D eigenvalue weighted by atomic mass is 32.1. The smallest absolute Gasteiger partial charge is 0.229 e. The molecule has 6 rings (SSSR count). The van der Waals surface area contributed by atoms with Crippen LogP contribution in [0.3, 0.4) is 0 Å². The van der Waals surface area contributed by atoms with Crippen LogP contribution in [0.2, 0.25) is 0 Å². The van der Waals surface area contributed by atoms with Crippen LogP contribution in [0.25, 0.3) is 5.13 Å². The van der Waals surface area contributed by atoms with Gasteiger partial charge in [0.15, 0.2) is 5.13 Å². The third-order valence-corrected chi connectivity index (χ3v) is 8.58. The monoisotopic (exact) mass is 422 g/mol. The predicted octanol–water partition coefficient (Wildman–Crippen LogP) is 3.90. The summed E-state index contributed by atoms with van der Waals surface area (Å²) in [6.45, 7) is 3.34. The Morgan fingerprint density at radius 3 is 2.97 bits per heavy atom. The van der Waals surface area contributed by atoms with Gasteiger partial charge in [0.2, 0.25) is 5.91 Å². The van der Waals surface area contributed by atoms with Crippen molar-refractivity contribution in [2.24, 2.45) is 11.8 Å². The van der Waals surface area contributed by atoms with Crippen molar-refractivity contribution in [3.05, 3.63) is 47.2 Å². The second-order valence-electron chi connectivity index (χ2n) is 9.48. The fraction of sp³-hybridized carbons (Fsp3) is 0.583. The Balaban J connectivity index is 1.22. The minimum absolute atomic E-state index is 0.258. The second-order valence-corrected chi connectivity index (χ2v) is 10.3. The van der Waals surface area contributed by atoms with Crippen molar-refractivity contribution < 1.29 is 4.79 Å². The summed E-state index contributed by atoms with van der Waals surface area (Å²) in [6, 6.07) is 5.09. The van der Waals surface area contributed by atoms with Gasteiger partial charge in [-0.15, -0.1) is 11.3 Å². The lowest BCUT2D eigenvalue weighted by Gasteiger charge is -2.54. The number of hydrogen-bond donors (Lipinski definition) is 0. The van der Waals surface area contributed by atoms with Gasteiger partial charge in [-0.25, -0.2) is 4.98 Å². The molecule has 2 bridgehead atoms. The number of carbonyl (C=O) groups is 1. The van der Waals surface area contributed by atoms with Crippen LogP contribution in [-0.2, 0) is 11.2 Å². The molecule has 6 heteroatoms. The van der Waals surface area contributed by atoms with Gasteiger partial charge in [-0.3, -0.25) is 9.69 Å². The zero-order valence-corrected chi connectivity index (χ0v) is 18.3. The Hall–Kier alpha value is -1.92. The second kappa shape index (κ2) is 7.65. The van der Waals surface area contributed by atoms with Gasteiger partial charge in [-0.2, -0.15) is 0 Å². The molecule has 1 amide bonds. The van der Waals surface area contributed by atoms with Crippen LogP contribution in [0.4, 0.5) is 0 Å². The Labute approximate surface area is 182 Å². The molecule has 3 fully saturated rings. The van der Waals surface area contributed by atoms with Gasteiger partial charge in [0.25, 0.3) is 0 Å². The van der Waals surface area contributed by atoms with Gasteiger partial charge in [-0.1, -0.05) is 18.1 Å². The van der Waals surface area contributed by atoms with Crippen molar-refractivity contribution in [3.8, 4) is 5.13 Å². The number of thiazole rings is 1. The number of nitrogens with zero attached hydrogens (tertiary/aromatic N) is 4. The highest BCUT2D eigenvalue weighted by Gasteiger charge is 2.46. The molecule has 158 valence electrons. The molecule has 5 heterocycles. The maximum atomic E-state index is 13.4. The van der Waals surface area contributed by atoms with Crippen molar-refractivity contribution in [3.63, 3.8) is 0 Å². The van der Waals surface area contributed by atoms with E-state index in [1.165, 1.54) is 45.2 Å². The number of rotatable bonds is 3. The largest absolute Gasteiger partial charge is 0.335 e. The Morgan fingerprint density at radius 1 is 1.17 bits per heavy atom. The average molecular weight is 423 g/mol. The lowest BCUT2D eigenvalue weighted by Crippen LogP contribution is -2.60. The van der Waals surface area contributed by atoms with Gasteiger partial charge in [0.1, 0.15) is 0 Å². The third-order valence-electron chi connectivity index (χ3n) is 7.67. The fourth-order valence-corrected chi connectivity index (χ4v) is 7.26. The van der Waals surface area contributed by atoms with Crippen LogP contribution in [0, 0.1) is 11.8 Å². The first-order valence-electron chi connectivity index (χ1n) is 11.6. The number of fused-ring (bicyclic) bond motifs is 6. The summed E-state index contributed by atoms with van der Waals surface area (Å²) in [4.78, 5) is 23.1. The van der Waals surface area contributed by atoms with Gasteiger partial charge in [0, 0.05) is 36.9 Å². The summed E-state index contributed by atoms with van der Waals surface area (Å²) < 4.78 is 2.01. The minimum Gasteiger partial charge on any atom is -0.335 e. The Kier molecular flexibility index (Phi) is 4.80. The summed E-state index contributed by atoms with van der Waals surface area (Å²) in [5, 5.41) is 2.98. The quantitative estimate of drug-likeness (QED) is 0.705. The van der Waals surface area contributed by atoms with Crippen molar-refractivity contribution >= 4 is 17.2 Å². The molecule has 30 heavy (non-hydrogen) atoms.